The molecule has 12 nitrogen and oxygen atoms in total. The van der Waals surface area contributed by atoms with Crippen LogP contribution < -0.4 is 5.32 Å². The van der Waals surface area contributed by atoms with Crippen molar-refractivity contribution < 1.29 is 52.6 Å². The van der Waals surface area contributed by atoms with Gasteiger partial charge in [-0.1, -0.05) is 116 Å². The lowest BCUT2D eigenvalue weighted by molar-refractivity contribution is -0.375. The lowest BCUT2D eigenvalue weighted by atomic mass is 9.90. The first-order valence-electron chi connectivity index (χ1n) is 18.6. The van der Waals surface area contributed by atoms with Gasteiger partial charge in [0.2, 0.25) is 5.91 Å². The van der Waals surface area contributed by atoms with Gasteiger partial charge in [0, 0.05) is 18.4 Å². The second-order valence-electron chi connectivity index (χ2n) is 14.0. The van der Waals surface area contributed by atoms with E-state index in [4.69, 9.17) is 37.9 Å². The van der Waals surface area contributed by atoms with Crippen molar-refractivity contribution in [3.8, 4) is 0 Å². The fourth-order valence-electron chi connectivity index (χ4n) is 7.08. The molecule has 3 heterocycles. The van der Waals surface area contributed by atoms with Gasteiger partial charge in [-0.25, -0.2) is 4.79 Å². The SMILES string of the molecule is CC(=O)NC1C(OCc2ccccc2)[C@H](O[C@@H]2OC3COC(c4ccccc4)O[C@@H]3[C@H](O)C2C)[C@@H](COC(=O)c2ccccc2)O[C@@H]1OCc1ccccc1. The summed E-state index contributed by atoms with van der Waals surface area (Å²) in [5.74, 6) is -1.49. The molecule has 5 unspecified atom stereocenters. The largest absolute Gasteiger partial charge is 0.459 e. The molecule has 3 aliphatic heterocycles. The highest BCUT2D eigenvalue weighted by Crippen LogP contribution is 2.39. The smallest absolute Gasteiger partial charge is 0.338 e. The number of fused-ring (bicyclic) bond motifs is 1. The molecule has 4 aromatic rings. The van der Waals surface area contributed by atoms with Gasteiger partial charge < -0.3 is 48.3 Å². The van der Waals surface area contributed by atoms with Gasteiger partial charge in [-0.3, -0.25) is 4.79 Å². The van der Waals surface area contributed by atoms with Crippen LogP contribution in [0.3, 0.4) is 0 Å². The molecule has 55 heavy (non-hydrogen) atoms. The number of ether oxygens (including phenoxy) is 8. The summed E-state index contributed by atoms with van der Waals surface area (Å²) in [5, 5.41) is 14.7. The Balaban J connectivity index is 1.18. The quantitative estimate of drug-likeness (QED) is 0.177. The van der Waals surface area contributed by atoms with Crippen LogP contribution in [0, 0.1) is 5.92 Å². The van der Waals surface area contributed by atoms with Crippen LogP contribution in [0.2, 0.25) is 0 Å². The maximum absolute atomic E-state index is 13.2. The first-order valence-corrected chi connectivity index (χ1v) is 18.6. The second kappa shape index (κ2) is 18.4. The molecule has 11 atom stereocenters. The number of nitrogens with one attached hydrogen (secondary N) is 1. The van der Waals surface area contributed by atoms with Gasteiger partial charge >= 0.3 is 5.97 Å². The molecule has 0 radical (unpaired) electrons. The van der Waals surface area contributed by atoms with Crippen LogP contribution in [-0.4, -0.2) is 85.4 Å². The summed E-state index contributed by atoms with van der Waals surface area (Å²) in [5.41, 5.74) is 2.97. The topological polar surface area (TPSA) is 140 Å². The molecule has 0 aromatic heterocycles. The van der Waals surface area contributed by atoms with Crippen molar-refractivity contribution in [3.05, 3.63) is 144 Å². The number of amides is 1. The van der Waals surface area contributed by atoms with Gasteiger partial charge in [0.1, 0.15) is 43.2 Å². The molecule has 0 spiro atoms. The molecule has 4 aromatic carbocycles. The van der Waals surface area contributed by atoms with Gasteiger partial charge in [0.15, 0.2) is 18.9 Å². The van der Waals surface area contributed by atoms with Crippen molar-refractivity contribution in [1.29, 1.82) is 0 Å². The Morgan fingerprint density at radius 2 is 1.35 bits per heavy atom. The summed E-state index contributed by atoms with van der Waals surface area (Å²) in [6, 6.07) is 36.4. The van der Waals surface area contributed by atoms with Gasteiger partial charge in [0.05, 0.1) is 31.5 Å². The van der Waals surface area contributed by atoms with Crippen molar-refractivity contribution in [2.45, 2.75) is 88.6 Å². The van der Waals surface area contributed by atoms with Crippen LogP contribution in [-0.2, 0) is 55.9 Å². The van der Waals surface area contributed by atoms with E-state index in [0.717, 1.165) is 16.7 Å². The van der Waals surface area contributed by atoms with Gasteiger partial charge in [-0.05, 0) is 23.3 Å². The van der Waals surface area contributed by atoms with Crippen LogP contribution in [0.5, 0.6) is 0 Å². The van der Waals surface area contributed by atoms with Crippen LogP contribution in [0.25, 0.3) is 0 Å². The number of hydrogen-bond acceptors (Lipinski definition) is 11. The predicted octanol–water partition coefficient (Wildman–Crippen LogP) is 5.10. The summed E-state index contributed by atoms with van der Waals surface area (Å²) < 4.78 is 51.1. The zero-order chi connectivity index (χ0) is 38.1. The summed E-state index contributed by atoms with van der Waals surface area (Å²) in [4.78, 5) is 26.0. The van der Waals surface area contributed by atoms with Gasteiger partial charge in [0.25, 0.3) is 0 Å². The maximum Gasteiger partial charge on any atom is 0.338 e. The Hall–Kier alpha value is -4.50. The average Bonchev–Trinajstić information content (AvgIpc) is 3.22. The number of benzene rings is 4. The van der Waals surface area contributed by atoms with E-state index in [1.165, 1.54) is 6.92 Å². The second-order valence-corrected chi connectivity index (χ2v) is 14.0. The third-order valence-electron chi connectivity index (χ3n) is 9.98. The van der Waals surface area contributed by atoms with Crippen molar-refractivity contribution in [2.75, 3.05) is 13.2 Å². The van der Waals surface area contributed by atoms with Crippen LogP contribution in [0.4, 0.5) is 0 Å². The van der Waals surface area contributed by atoms with Gasteiger partial charge in [-0.15, -0.1) is 0 Å². The standard InChI is InChI=1S/C43H47NO11/c1-27-36(46)37-33(26-51-42(54-37)32-21-13-6-14-22-32)52-41(27)55-38-34(25-49-40(47)31-19-11-5-12-20-31)53-43(50-24-30-17-9-4-10-18-30)35(44-28(2)45)39(38)48-23-29-15-7-3-8-16-29/h3-22,27,33-39,41-43,46H,23-26H2,1-2H3,(H,44,45)/t27?,33?,34-,35?,36-,37+,38-,39?,41+,42?,43+/m1/s1. The van der Waals surface area contributed by atoms with E-state index < -0.39 is 73.4 Å². The fraction of sp³-hybridized carbons (Fsp3) is 0.395. The summed E-state index contributed by atoms with van der Waals surface area (Å²) in [6.07, 6.45) is -7.92. The minimum atomic E-state index is -1.04. The first-order chi connectivity index (χ1) is 26.8. The Bertz CT molecular complexity index is 1800. The molecular weight excluding hydrogens is 706 g/mol. The van der Waals surface area contributed by atoms with Crippen LogP contribution in [0.15, 0.2) is 121 Å². The highest BCUT2D eigenvalue weighted by Gasteiger charge is 2.53. The molecule has 1 amide bonds. The maximum atomic E-state index is 13.2. The molecule has 3 fully saturated rings. The van der Waals surface area contributed by atoms with E-state index in [-0.39, 0.29) is 32.3 Å². The summed E-state index contributed by atoms with van der Waals surface area (Å²) >= 11 is 0. The van der Waals surface area contributed by atoms with Crippen LogP contribution in [0.1, 0.15) is 47.2 Å². The van der Waals surface area contributed by atoms with E-state index in [1.807, 2.05) is 104 Å². The van der Waals surface area contributed by atoms with E-state index in [9.17, 15) is 14.7 Å². The molecule has 290 valence electrons. The number of esters is 1. The highest BCUT2D eigenvalue weighted by atomic mass is 16.8. The molecular formula is C43H47NO11. The first kappa shape index (κ1) is 38.8. The molecule has 0 bridgehead atoms. The molecule has 7 rings (SSSR count). The highest BCUT2D eigenvalue weighted by molar-refractivity contribution is 5.89. The Morgan fingerprint density at radius 1 is 0.745 bits per heavy atom. The van der Waals surface area contributed by atoms with Crippen LogP contribution >= 0.6 is 0 Å². The lowest BCUT2D eigenvalue weighted by Gasteiger charge is -2.50. The van der Waals surface area contributed by atoms with Crippen molar-refractivity contribution in [3.63, 3.8) is 0 Å². The number of hydrogen-bond donors (Lipinski definition) is 2. The zero-order valence-corrected chi connectivity index (χ0v) is 30.8. The normalized spacial score (nSPS) is 30.5. The number of carbonyl (C=O) groups excluding carboxylic acids is 2. The minimum absolute atomic E-state index is 0.144. The number of rotatable bonds is 13. The zero-order valence-electron chi connectivity index (χ0n) is 30.8. The van der Waals surface area contributed by atoms with E-state index in [1.54, 1.807) is 24.3 Å². The monoisotopic (exact) mass is 753 g/mol. The Labute approximate surface area is 320 Å². The summed E-state index contributed by atoms with van der Waals surface area (Å²) in [6.45, 7) is 3.43. The van der Waals surface area contributed by atoms with E-state index in [2.05, 4.69) is 5.32 Å². The number of aliphatic hydroxyl groups is 1. The predicted molar refractivity (Wildman–Crippen MR) is 198 cm³/mol. The van der Waals surface area contributed by atoms with Crippen molar-refractivity contribution in [2.24, 2.45) is 5.92 Å². The molecule has 12 heteroatoms. The summed E-state index contributed by atoms with van der Waals surface area (Å²) in [7, 11) is 0. The molecule has 0 saturated carbocycles. The van der Waals surface area contributed by atoms with E-state index in [0.29, 0.717) is 5.56 Å². The fourth-order valence-corrected chi connectivity index (χ4v) is 7.08. The number of carbonyl (C=O) groups is 2. The number of aliphatic hydroxyl groups excluding tert-OH is 1. The lowest BCUT2D eigenvalue weighted by Crippen LogP contribution is -2.67. The Morgan fingerprint density at radius 3 is 1.98 bits per heavy atom. The molecule has 3 saturated heterocycles. The third-order valence-corrected chi connectivity index (χ3v) is 9.98. The van der Waals surface area contributed by atoms with Crippen molar-refractivity contribution >= 4 is 11.9 Å². The third kappa shape index (κ3) is 9.66. The molecule has 2 N–H and O–H groups in total. The van der Waals surface area contributed by atoms with E-state index >= 15 is 0 Å². The molecule has 0 aliphatic carbocycles. The average molecular weight is 754 g/mol. The minimum Gasteiger partial charge on any atom is -0.459 e. The van der Waals surface area contributed by atoms with Crippen molar-refractivity contribution in [1.82, 2.24) is 5.32 Å². The Kier molecular flexibility index (Phi) is 13.0. The molecule has 3 aliphatic rings. The van der Waals surface area contributed by atoms with Gasteiger partial charge in [-0.2, -0.15) is 0 Å².